The van der Waals surface area contributed by atoms with E-state index in [0.29, 0.717) is 11.4 Å². The lowest BCUT2D eigenvalue weighted by Gasteiger charge is -2.14. The predicted octanol–water partition coefficient (Wildman–Crippen LogP) is 3.01. The van der Waals surface area contributed by atoms with Gasteiger partial charge in [0.05, 0.1) is 22.3 Å². The van der Waals surface area contributed by atoms with Gasteiger partial charge >= 0.3 is 0 Å². The molecule has 3 nitrogen and oxygen atoms in total. The number of benzene rings is 1. The van der Waals surface area contributed by atoms with Crippen LogP contribution in [0.25, 0.3) is 0 Å². The molecule has 2 N–H and O–H groups in total. The molecule has 0 spiro atoms. The van der Waals surface area contributed by atoms with Crippen molar-refractivity contribution in [3.63, 3.8) is 0 Å². The number of nitrogen functional groups attached to an aromatic ring is 1. The fourth-order valence-electron chi connectivity index (χ4n) is 1.69. The lowest BCUT2D eigenvalue weighted by atomic mass is 9.90. The van der Waals surface area contributed by atoms with E-state index in [2.05, 4.69) is 6.07 Å². The van der Waals surface area contributed by atoms with E-state index in [1.54, 1.807) is 0 Å². The van der Waals surface area contributed by atoms with E-state index >= 15 is 0 Å². The molecule has 0 heterocycles. The third-order valence-corrected chi connectivity index (χ3v) is 4.60. The van der Waals surface area contributed by atoms with E-state index in [0.717, 1.165) is 23.3 Å². The maximum Gasteiger partial charge on any atom is 0.0683 e. The molecular formula is C14H20N2OS. The van der Waals surface area contributed by atoms with Gasteiger partial charge in [0, 0.05) is 16.3 Å². The summed E-state index contributed by atoms with van der Waals surface area (Å²) >= 11 is 0. The molecule has 0 aliphatic rings. The molecule has 4 heteroatoms. The Morgan fingerprint density at radius 3 is 2.72 bits per heavy atom. The second-order valence-electron chi connectivity index (χ2n) is 5.12. The van der Waals surface area contributed by atoms with Crippen LogP contribution >= 0.6 is 0 Å². The number of rotatable bonds is 5. The van der Waals surface area contributed by atoms with E-state index in [-0.39, 0.29) is 5.41 Å². The van der Waals surface area contributed by atoms with Crippen molar-refractivity contribution in [2.75, 3.05) is 11.5 Å². The van der Waals surface area contributed by atoms with Crippen molar-refractivity contribution in [3.05, 3.63) is 23.8 Å². The maximum atomic E-state index is 12.2. The molecule has 0 fully saturated rings. The first-order valence-electron chi connectivity index (χ1n) is 6.02. The molecule has 0 aromatic heterocycles. The Bertz CT molecular complexity index is 489. The number of nitriles is 1. The molecule has 0 saturated carbocycles. The minimum absolute atomic E-state index is 0.338. The first-order valence-corrected chi connectivity index (χ1v) is 7.34. The summed E-state index contributed by atoms with van der Waals surface area (Å²) in [6.07, 6.45) is 1.54. The average Bonchev–Trinajstić information content (AvgIpc) is 2.32. The van der Waals surface area contributed by atoms with Gasteiger partial charge < -0.3 is 5.73 Å². The van der Waals surface area contributed by atoms with Crippen LogP contribution < -0.4 is 5.73 Å². The Morgan fingerprint density at radius 2 is 2.11 bits per heavy atom. The molecule has 1 unspecified atom stereocenters. The molecular weight excluding hydrogens is 244 g/mol. The highest BCUT2D eigenvalue weighted by Crippen LogP contribution is 2.23. The van der Waals surface area contributed by atoms with Crippen LogP contribution in [0.4, 0.5) is 5.69 Å². The minimum atomic E-state index is -1.03. The van der Waals surface area contributed by atoms with Gasteiger partial charge in [0.2, 0.25) is 0 Å². The Labute approximate surface area is 111 Å². The zero-order chi connectivity index (χ0) is 13.8. The summed E-state index contributed by atoms with van der Waals surface area (Å²) in [5, 5.41) is 8.91. The van der Waals surface area contributed by atoms with Crippen molar-refractivity contribution in [1.82, 2.24) is 0 Å². The number of nitrogens with two attached hydrogens (primary N) is 1. The number of hydrogen-bond acceptors (Lipinski definition) is 3. The number of anilines is 1. The van der Waals surface area contributed by atoms with Gasteiger partial charge in [-0.05, 0) is 51.3 Å². The molecule has 1 atom stereocenters. The van der Waals surface area contributed by atoms with Gasteiger partial charge in [-0.15, -0.1) is 0 Å². The predicted molar refractivity (Wildman–Crippen MR) is 75.5 cm³/mol. The van der Waals surface area contributed by atoms with Crippen molar-refractivity contribution in [3.8, 4) is 6.07 Å². The number of nitrogens with zero attached hydrogens (tertiary/aromatic N) is 1. The zero-order valence-electron chi connectivity index (χ0n) is 11.2. The lowest BCUT2D eigenvalue weighted by molar-refractivity contribution is 0.447. The highest BCUT2D eigenvalue weighted by molar-refractivity contribution is 7.85. The van der Waals surface area contributed by atoms with Gasteiger partial charge in [0.15, 0.2) is 0 Å². The molecule has 0 amide bonds. The zero-order valence-corrected chi connectivity index (χ0v) is 12.0. The molecule has 0 radical (unpaired) electrons. The van der Waals surface area contributed by atoms with Gasteiger partial charge in [0.25, 0.3) is 0 Å². The SMILES string of the molecule is Cc1c(N)cccc1S(=O)CCCC(C)(C)C#N. The molecule has 1 rings (SSSR count). The molecule has 0 aliphatic heterocycles. The minimum Gasteiger partial charge on any atom is -0.398 e. The average molecular weight is 264 g/mol. The lowest BCUT2D eigenvalue weighted by Crippen LogP contribution is -2.10. The molecule has 1 aromatic carbocycles. The van der Waals surface area contributed by atoms with E-state index in [1.165, 1.54) is 0 Å². The van der Waals surface area contributed by atoms with Gasteiger partial charge in [-0.1, -0.05) is 6.07 Å². The van der Waals surface area contributed by atoms with E-state index in [4.69, 9.17) is 11.0 Å². The molecule has 18 heavy (non-hydrogen) atoms. The van der Waals surface area contributed by atoms with Crippen molar-refractivity contribution in [1.29, 1.82) is 5.26 Å². The van der Waals surface area contributed by atoms with Crippen LogP contribution in [0, 0.1) is 23.7 Å². The molecule has 0 saturated heterocycles. The van der Waals surface area contributed by atoms with Crippen molar-refractivity contribution in [2.45, 2.75) is 38.5 Å². The summed E-state index contributed by atoms with van der Waals surface area (Å²) in [6.45, 7) is 5.70. The normalized spacial score (nSPS) is 13.0. The second kappa shape index (κ2) is 6.01. The van der Waals surface area contributed by atoms with Crippen molar-refractivity contribution < 1.29 is 4.21 Å². The van der Waals surface area contributed by atoms with Gasteiger partial charge in [0.1, 0.15) is 0 Å². The van der Waals surface area contributed by atoms with Crippen LogP contribution in [-0.2, 0) is 10.8 Å². The van der Waals surface area contributed by atoms with E-state index in [9.17, 15) is 4.21 Å². The van der Waals surface area contributed by atoms with E-state index < -0.39 is 10.8 Å². The monoisotopic (exact) mass is 264 g/mol. The standard InChI is InChI=1S/C14H20N2OS/c1-11-12(16)6-4-7-13(11)18(17)9-5-8-14(2,3)10-15/h4,6-7H,5,8-9,16H2,1-3H3. The van der Waals surface area contributed by atoms with Gasteiger partial charge in [-0.2, -0.15) is 5.26 Å². The highest BCUT2D eigenvalue weighted by atomic mass is 32.2. The summed E-state index contributed by atoms with van der Waals surface area (Å²) in [7, 11) is -1.03. The molecule has 98 valence electrons. The summed E-state index contributed by atoms with van der Waals surface area (Å²) < 4.78 is 12.2. The Kier molecular flexibility index (Phi) is 4.92. The third kappa shape index (κ3) is 3.85. The fraction of sp³-hybridized carbons (Fsp3) is 0.500. The summed E-state index contributed by atoms with van der Waals surface area (Å²) in [4.78, 5) is 0.810. The first kappa shape index (κ1) is 14.7. The third-order valence-electron chi connectivity index (χ3n) is 3.01. The Balaban J connectivity index is 2.62. The smallest absolute Gasteiger partial charge is 0.0683 e. The quantitative estimate of drug-likeness (QED) is 0.831. The van der Waals surface area contributed by atoms with Crippen molar-refractivity contribution in [2.24, 2.45) is 5.41 Å². The second-order valence-corrected chi connectivity index (χ2v) is 6.66. The topological polar surface area (TPSA) is 66.9 Å². The van der Waals surface area contributed by atoms with Crippen LogP contribution in [-0.4, -0.2) is 9.96 Å². The highest BCUT2D eigenvalue weighted by Gasteiger charge is 2.17. The molecule has 1 aromatic rings. The summed E-state index contributed by atoms with van der Waals surface area (Å²) in [5.74, 6) is 0.579. The number of hydrogen-bond donors (Lipinski definition) is 1. The first-order chi connectivity index (χ1) is 8.37. The van der Waals surface area contributed by atoms with Crippen LogP contribution in [0.5, 0.6) is 0 Å². The van der Waals surface area contributed by atoms with Crippen molar-refractivity contribution >= 4 is 16.5 Å². The van der Waals surface area contributed by atoms with Crippen LogP contribution in [0.15, 0.2) is 23.1 Å². The van der Waals surface area contributed by atoms with Crippen LogP contribution in [0.1, 0.15) is 32.3 Å². The van der Waals surface area contributed by atoms with Gasteiger partial charge in [-0.3, -0.25) is 4.21 Å². The largest absolute Gasteiger partial charge is 0.398 e. The van der Waals surface area contributed by atoms with Gasteiger partial charge in [-0.25, -0.2) is 0 Å². The van der Waals surface area contributed by atoms with Crippen LogP contribution in [0.2, 0.25) is 0 Å². The van der Waals surface area contributed by atoms with E-state index in [1.807, 2.05) is 39.0 Å². The molecule has 0 bridgehead atoms. The Morgan fingerprint density at radius 1 is 1.44 bits per heavy atom. The van der Waals surface area contributed by atoms with Crippen LogP contribution in [0.3, 0.4) is 0 Å². The maximum absolute atomic E-state index is 12.2. The Hall–Kier alpha value is -1.34. The fourth-order valence-corrected chi connectivity index (χ4v) is 3.01. The molecule has 0 aliphatic carbocycles. The summed E-state index contributed by atoms with van der Waals surface area (Å²) in [5.41, 5.74) is 7.04. The summed E-state index contributed by atoms with van der Waals surface area (Å²) in [6, 6.07) is 7.76.